The molecule has 0 spiro atoms. The predicted molar refractivity (Wildman–Crippen MR) is 90.0 cm³/mol. The van der Waals surface area contributed by atoms with Gasteiger partial charge in [0.2, 0.25) is 5.95 Å². The van der Waals surface area contributed by atoms with Gasteiger partial charge in [-0.05, 0) is 43.7 Å². The molecule has 0 bridgehead atoms. The smallest absolute Gasteiger partial charge is 0.247 e. The fraction of sp³-hybridized carbons (Fsp3) is 0.312. The van der Waals surface area contributed by atoms with Crippen molar-refractivity contribution in [2.24, 2.45) is 0 Å². The van der Waals surface area contributed by atoms with Crippen LogP contribution >= 0.6 is 0 Å². The molecule has 0 aliphatic carbocycles. The normalized spacial score (nSPS) is 18.0. The first-order valence-corrected chi connectivity index (χ1v) is 7.88. The number of aromatic nitrogens is 4. The standard InChI is InChI=1S/C16H19N7/c1-6-14(19-12-4-2-8-17-10-12)23-15(7-1)21-16(22-23)20-13-5-3-9-18-11-13/h1,3,5-7,9,11-12,17,19H,2,4,8,10H2,(H,20,22)/t12-/m0/s1. The Morgan fingerprint density at radius 2 is 2.22 bits per heavy atom. The number of hydrogen-bond donors (Lipinski definition) is 3. The molecule has 1 aliphatic rings. The van der Waals surface area contributed by atoms with Crippen LogP contribution in [-0.2, 0) is 0 Å². The molecule has 0 unspecified atom stereocenters. The summed E-state index contributed by atoms with van der Waals surface area (Å²) in [7, 11) is 0. The van der Waals surface area contributed by atoms with E-state index in [1.54, 1.807) is 12.4 Å². The largest absolute Gasteiger partial charge is 0.366 e. The van der Waals surface area contributed by atoms with Crippen LogP contribution in [0, 0.1) is 0 Å². The van der Waals surface area contributed by atoms with Crippen LogP contribution in [0.1, 0.15) is 12.8 Å². The van der Waals surface area contributed by atoms with Crippen molar-refractivity contribution in [2.75, 3.05) is 23.7 Å². The number of fused-ring (bicyclic) bond motifs is 1. The Bertz CT molecular complexity index is 777. The third kappa shape index (κ3) is 3.09. The van der Waals surface area contributed by atoms with E-state index in [9.17, 15) is 0 Å². The summed E-state index contributed by atoms with van der Waals surface area (Å²) < 4.78 is 1.84. The molecule has 3 aromatic heterocycles. The van der Waals surface area contributed by atoms with Crippen molar-refractivity contribution in [3.63, 3.8) is 0 Å². The Morgan fingerprint density at radius 3 is 3.04 bits per heavy atom. The SMILES string of the molecule is c1cncc(Nc2nc3cccc(N[C@H]4CCCNC4)n3n2)c1. The van der Waals surface area contributed by atoms with Gasteiger partial charge in [0, 0.05) is 18.8 Å². The molecule has 3 aromatic rings. The van der Waals surface area contributed by atoms with Crippen LogP contribution in [0.2, 0.25) is 0 Å². The van der Waals surface area contributed by atoms with Gasteiger partial charge >= 0.3 is 0 Å². The number of piperidine rings is 1. The minimum atomic E-state index is 0.424. The average molecular weight is 309 g/mol. The lowest BCUT2D eigenvalue weighted by atomic mass is 10.1. The van der Waals surface area contributed by atoms with Crippen molar-refractivity contribution in [3.05, 3.63) is 42.7 Å². The van der Waals surface area contributed by atoms with Gasteiger partial charge in [-0.2, -0.15) is 9.50 Å². The number of nitrogens with one attached hydrogen (secondary N) is 3. The first-order chi connectivity index (χ1) is 11.4. The molecule has 23 heavy (non-hydrogen) atoms. The lowest BCUT2D eigenvalue weighted by Gasteiger charge is -2.24. The lowest BCUT2D eigenvalue weighted by Crippen LogP contribution is -2.38. The van der Waals surface area contributed by atoms with Crippen LogP contribution in [0.15, 0.2) is 42.7 Å². The average Bonchev–Trinajstić information content (AvgIpc) is 3.00. The summed E-state index contributed by atoms with van der Waals surface area (Å²) in [6.07, 6.45) is 5.85. The Morgan fingerprint density at radius 1 is 1.22 bits per heavy atom. The molecular formula is C16H19N7. The lowest BCUT2D eigenvalue weighted by molar-refractivity contribution is 0.478. The molecule has 0 saturated carbocycles. The highest BCUT2D eigenvalue weighted by molar-refractivity contribution is 5.57. The minimum Gasteiger partial charge on any atom is -0.366 e. The second-order valence-electron chi connectivity index (χ2n) is 5.67. The molecule has 0 aromatic carbocycles. The molecule has 1 atom stereocenters. The summed E-state index contributed by atoms with van der Waals surface area (Å²) >= 11 is 0. The van der Waals surface area contributed by atoms with Gasteiger partial charge in [-0.3, -0.25) is 4.98 Å². The Kier molecular flexibility index (Phi) is 3.77. The van der Waals surface area contributed by atoms with E-state index in [4.69, 9.17) is 0 Å². The fourth-order valence-electron chi connectivity index (χ4n) is 2.82. The first kappa shape index (κ1) is 14.0. The molecule has 4 heterocycles. The van der Waals surface area contributed by atoms with E-state index in [1.165, 1.54) is 12.8 Å². The third-order valence-electron chi connectivity index (χ3n) is 3.93. The topological polar surface area (TPSA) is 79.2 Å². The highest BCUT2D eigenvalue weighted by atomic mass is 15.4. The van der Waals surface area contributed by atoms with Crippen LogP contribution in [0.4, 0.5) is 17.5 Å². The van der Waals surface area contributed by atoms with E-state index in [1.807, 2.05) is 34.8 Å². The van der Waals surface area contributed by atoms with Gasteiger partial charge in [-0.1, -0.05) is 6.07 Å². The molecule has 1 fully saturated rings. The number of anilines is 3. The summed E-state index contributed by atoms with van der Waals surface area (Å²) in [5.41, 5.74) is 1.68. The van der Waals surface area contributed by atoms with E-state index >= 15 is 0 Å². The van der Waals surface area contributed by atoms with E-state index in [2.05, 4.69) is 31.0 Å². The van der Waals surface area contributed by atoms with Crippen LogP contribution < -0.4 is 16.0 Å². The second kappa shape index (κ2) is 6.21. The van der Waals surface area contributed by atoms with Gasteiger partial charge in [-0.15, -0.1) is 5.10 Å². The molecular weight excluding hydrogens is 290 g/mol. The van der Waals surface area contributed by atoms with Crippen molar-refractivity contribution >= 4 is 23.1 Å². The summed E-state index contributed by atoms with van der Waals surface area (Å²) in [6.45, 7) is 2.08. The minimum absolute atomic E-state index is 0.424. The predicted octanol–water partition coefficient (Wildman–Crippen LogP) is 2.03. The Labute approximate surface area is 134 Å². The molecule has 118 valence electrons. The van der Waals surface area contributed by atoms with Crippen LogP contribution in [0.25, 0.3) is 5.65 Å². The van der Waals surface area contributed by atoms with Gasteiger partial charge in [-0.25, -0.2) is 0 Å². The summed E-state index contributed by atoms with van der Waals surface area (Å²) in [5, 5.41) is 14.7. The number of nitrogens with zero attached hydrogens (tertiary/aromatic N) is 4. The molecule has 1 aliphatic heterocycles. The Balaban J connectivity index is 1.59. The van der Waals surface area contributed by atoms with Gasteiger partial charge in [0.25, 0.3) is 0 Å². The maximum atomic E-state index is 4.56. The van der Waals surface area contributed by atoms with Crippen molar-refractivity contribution in [1.82, 2.24) is 24.9 Å². The van der Waals surface area contributed by atoms with E-state index in [0.717, 1.165) is 30.2 Å². The zero-order valence-electron chi connectivity index (χ0n) is 12.7. The zero-order valence-corrected chi connectivity index (χ0v) is 12.7. The molecule has 0 amide bonds. The number of rotatable bonds is 4. The first-order valence-electron chi connectivity index (χ1n) is 7.88. The van der Waals surface area contributed by atoms with Gasteiger partial charge in [0.1, 0.15) is 5.82 Å². The van der Waals surface area contributed by atoms with Crippen LogP contribution in [0.3, 0.4) is 0 Å². The summed E-state index contributed by atoms with van der Waals surface area (Å²) in [6, 6.07) is 10.2. The molecule has 3 N–H and O–H groups in total. The second-order valence-corrected chi connectivity index (χ2v) is 5.67. The van der Waals surface area contributed by atoms with Gasteiger partial charge < -0.3 is 16.0 Å². The van der Waals surface area contributed by atoms with Gasteiger partial charge in [0.05, 0.1) is 11.9 Å². The third-order valence-corrected chi connectivity index (χ3v) is 3.93. The monoisotopic (exact) mass is 309 g/mol. The quantitative estimate of drug-likeness (QED) is 0.684. The molecule has 4 rings (SSSR count). The Hall–Kier alpha value is -2.67. The van der Waals surface area contributed by atoms with E-state index < -0.39 is 0 Å². The number of pyridine rings is 2. The molecule has 7 heteroatoms. The molecule has 7 nitrogen and oxygen atoms in total. The summed E-state index contributed by atoms with van der Waals surface area (Å²) in [4.78, 5) is 8.60. The number of hydrogen-bond acceptors (Lipinski definition) is 6. The van der Waals surface area contributed by atoms with Crippen molar-refractivity contribution in [3.8, 4) is 0 Å². The summed E-state index contributed by atoms with van der Waals surface area (Å²) in [5.74, 6) is 1.52. The highest BCUT2D eigenvalue weighted by Crippen LogP contribution is 2.17. The van der Waals surface area contributed by atoms with Crippen molar-refractivity contribution in [2.45, 2.75) is 18.9 Å². The van der Waals surface area contributed by atoms with Gasteiger partial charge in [0.15, 0.2) is 5.65 Å². The maximum absolute atomic E-state index is 4.56. The van der Waals surface area contributed by atoms with E-state index in [-0.39, 0.29) is 0 Å². The van der Waals surface area contributed by atoms with Crippen LogP contribution in [-0.4, -0.2) is 38.7 Å². The van der Waals surface area contributed by atoms with Crippen molar-refractivity contribution < 1.29 is 0 Å². The highest BCUT2D eigenvalue weighted by Gasteiger charge is 2.15. The van der Waals surface area contributed by atoms with Crippen LogP contribution in [0.5, 0.6) is 0 Å². The molecule has 0 radical (unpaired) electrons. The zero-order chi connectivity index (χ0) is 15.5. The fourth-order valence-corrected chi connectivity index (χ4v) is 2.82. The maximum Gasteiger partial charge on any atom is 0.247 e. The van der Waals surface area contributed by atoms with E-state index in [0.29, 0.717) is 12.0 Å². The van der Waals surface area contributed by atoms with Crippen molar-refractivity contribution in [1.29, 1.82) is 0 Å². The molecule has 1 saturated heterocycles.